The van der Waals surface area contributed by atoms with E-state index in [0.717, 1.165) is 37.3 Å². The van der Waals surface area contributed by atoms with E-state index >= 15 is 0 Å². The lowest BCUT2D eigenvalue weighted by molar-refractivity contribution is 0.0697. The minimum atomic E-state index is -0.917. The number of benzene rings is 2. The molecule has 2 aliphatic rings. The Kier molecular flexibility index (Phi) is 4.62. The third-order valence-corrected chi connectivity index (χ3v) is 6.20. The van der Waals surface area contributed by atoms with E-state index in [0.29, 0.717) is 22.6 Å². The van der Waals surface area contributed by atoms with Crippen molar-refractivity contribution in [1.29, 1.82) is 0 Å². The zero-order valence-corrected chi connectivity index (χ0v) is 16.8. The Hall–Kier alpha value is -3.81. The van der Waals surface area contributed by atoms with Crippen molar-refractivity contribution in [2.75, 3.05) is 28.6 Å². The van der Waals surface area contributed by atoms with Gasteiger partial charge in [-0.1, -0.05) is 18.2 Å². The van der Waals surface area contributed by atoms with Gasteiger partial charge >= 0.3 is 5.97 Å². The van der Waals surface area contributed by atoms with Gasteiger partial charge in [-0.2, -0.15) is 0 Å². The zero-order chi connectivity index (χ0) is 21.5. The number of nitrogens with zero attached hydrogens (tertiary/aromatic N) is 4. The fraction of sp³-hybridized carbons (Fsp3) is 0.261. The molecular formula is C23H23N5O3. The van der Waals surface area contributed by atoms with Crippen LogP contribution in [-0.4, -0.2) is 51.6 Å². The molecule has 0 saturated carbocycles. The first kappa shape index (κ1) is 19.2. The smallest absolute Gasteiger partial charge is 0.335 e. The molecule has 158 valence electrons. The standard InChI is InChI=1S/C23H23N5O3/c24-22-20(11-19(25-26-22)18-6-1-2-7-21(18)29)27-12-16-8-9-17(13-27)28(16)15-5-3-4-14(10-15)23(30)31/h1-7,10-11,16-17,29H,8-9,12-13H2,(H2,24,26)(H,30,31). The first-order valence-corrected chi connectivity index (χ1v) is 10.3. The molecule has 2 bridgehead atoms. The second-order valence-electron chi connectivity index (χ2n) is 8.07. The number of carboxylic acid groups (broad SMARTS) is 1. The largest absolute Gasteiger partial charge is 0.507 e. The SMILES string of the molecule is Nc1nnc(-c2ccccc2O)cc1N1CC2CCC(C1)N2c1cccc(C(=O)O)c1. The van der Waals surface area contributed by atoms with Crippen LogP contribution in [-0.2, 0) is 0 Å². The molecule has 2 aliphatic heterocycles. The van der Waals surface area contributed by atoms with Gasteiger partial charge in [-0.3, -0.25) is 0 Å². The quantitative estimate of drug-likeness (QED) is 0.593. The highest BCUT2D eigenvalue weighted by atomic mass is 16.4. The van der Waals surface area contributed by atoms with Gasteiger partial charge in [-0.15, -0.1) is 10.2 Å². The highest BCUT2D eigenvalue weighted by Crippen LogP contribution is 2.39. The van der Waals surface area contributed by atoms with Gasteiger partial charge in [0.2, 0.25) is 0 Å². The molecule has 2 atom stereocenters. The average Bonchev–Trinajstić information content (AvgIpc) is 3.04. The van der Waals surface area contributed by atoms with E-state index in [-0.39, 0.29) is 17.8 Å². The Balaban J connectivity index is 1.44. The third-order valence-electron chi connectivity index (χ3n) is 6.20. The fourth-order valence-corrected chi connectivity index (χ4v) is 4.79. The number of nitrogen functional groups attached to an aromatic ring is 1. The summed E-state index contributed by atoms with van der Waals surface area (Å²) < 4.78 is 0. The monoisotopic (exact) mass is 417 g/mol. The number of hydrogen-bond acceptors (Lipinski definition) is 7. The van der Waals surface area contributed by atoms with Crippen LogP contribution in [0.1, 0.15) is 23.2 Å². The van der Waals surface area contributed by atoms with Gasteiger partial charge in [0.25, 0.3) is 0 Å². The fourth-order valence-electron chi connectivity index (χ4n) is 4.79. The average molecular weight is 417 g/mol. The van der Waals surface area contributed by atoms with Crippen molar-refractivity contribution in [3.05, 3.63) is 60.2 Å². The Morgan fingerprint density at radius 3 is 2.45 bits per heavy atom. The predicted molar refractivity (Wildman–Crippen MR) is 118 cm³/mol. The number of carbonyl (C=O) groups is 1. The summed E-state index contributed by atoms with van der Waals surface area (Å²) in [7, 11) is 0. The van der Waals surface area contributed by atoms with Crippen molar-refractivity contribution in [2.45, 2.75) is 24.9 Å². The number of nitrogens with two attached hydrogens (primary N) is 1. The zero-order valence-electron chi connectivity index (χ0n) is 16.8. The van der Waals surface area contributed by atoms with Crippen LogP contribution in [0.25, 0.3) is 11.3 Å². The number of para-hydroxylation sites is 1. The lowest BCUT2D eigenvalue weighted by Gasteiger charge is -2.43. The Morgan fingerprint density at radius 2 is 1.74 bits per heavy atom. The van der Waals surface area contributed by atoms with Crippen LogP contribution in [0.15, 0.2) is 54.6 Å². The Labute approximate surface area is 179 Å². The van der Waals surface area contributed by atoms with Crippen molar-refractivity contribution < 1.29 is 15.0 Å². The van der Waals surface area contributed by atoms with E-state index < -0.39 is 5.97 Å². The molecule has 5 rings (SSSR count). The number of aromatic nitrogens is 2. The van der Waals surface area contributed by atoms with E-state index in [1.165, 1.54) is 0 Å². The number of phenols is 1. The molecule has 8 heteroatoms. The first-order chi connectivity index (χ1) is 15.0. The number of aromatic carboxylic acids is 1. The minimum Gasteiger partial charge on any atom is -0.507 e. The van der Waals surface area contributed by atoms with E-state index in [2.05, 4.69) is 20.0 Å². The molecule has 4 N–H and O–H groups in total. The molecule has 8 nitrogen and oxygen atoms in total. The molecule has 2 unspecified atom stereocenters. The van der Waals surface area contributed by atoms with Gasteiger partial charge < -0.3 is 25.7 Å². The van der Waals surface area contributed by atoms with Crippen LogP contribution >= 0.6 is 0 Å². The van der Waals surface area contributed by atoms with Crippen molar-refractivity contribution in [2.24, 2.45) is 0 Å². The Morgan fingerprint density at radius 1 is 1.00 bits per heavy atom. The van der Waals surface area contributed by atoms with E-state index in [4.69, 9.17) is 5.73 Å². The molecule has 0 aliphatic carbocycles. The maximum Gasteiger partial charge on any atom is 0.335 e. The van der Waals surface area contributed by atoms with Gasteiger partial charge in [0.05, 0.1) is 16.9 Å². The predicted octanol–water partition coefficient (Wildman–Crippen LogP) is 2.99. The van der Waals surface area contributed by atoms with E-state index in [9.17, 15) is 15.0 Å². The number of fused-ring (bicyclic) bond motifs is 2. The first-order valence-electron chi connectivity index (χ1n) is 10.3. The summed E-state index contributed by atoms with van der Waals surface area (Å²) >= 11 is 0. The van der Waals surface area contributed by atoms with Crippen LogP contribution in [0.2, 0.25) is 0 Å². The summed E-state index contributed by atoms with van der Waals surface area (Å²) in [5, 5.41) is 27.9. The van der Waals surface area contributed by atoms with E-state index in [1.807, 2.05) is 18.2 Å². The summed E-state index contributed by atoms with van der Waals surface area (Å²) in [6.07, 6.45) is 2.06. The highest BCUT2D eigenvalue weighted by molar-refractivity contribution is 5.89. The Bertz CT molecular complexity index is 1140. The molecule has 2 saturated heterocycles. The molecular weight excluding hydrogens is 394 g/mol. The number of aromatic hydroxyl groups is 1. The van der Waals surface area contributed by atoms with Crippen LogP contribution < -0.4 is 15.5 Å². The molecule has 0 spiro atoms. The number of hydrogen-bond donors (Lipinski definition) is 3. The molecule has 0 amide bonds. The second kappa shape index (κ2) is 7.46. The van der Waals surface area contributed by atoms with Gasteiger partial charge in [-0.05, 0) is 49.2 Å². The number of rotatable bonds is 4. The highest BCUT2D eigenvalue weighted by Gasteiger charge is 2.40. The van der Waals surface area contributed by atoms with Crippen molar-refractivity contribution >= 4 is 23.2 Å². The topological polar surface area (TPSA) is 116 Å². The van der Waals surface area contributed by atoms with Crippen LogP contribution in [0, 0.1) is 0 Å². The molecule has 31 heavy (non-hydrogen) atoms. The minimum absolute atomic E-state index is 0.149. The molecule has 2 fully saturated rings. The number of piperazine rings is 1. The maximum atomic E-state index is 11.4. The van der Waals surface area contributed by atoms with Gasteiger partial charge in [-0.25, -0.2) is 4.79 Å². The maximum absolute atomic E-state index is 11.4. The summed E-state index contributed by atoms with van der Waals surface area (Å²) in [6, 6.07) is 16.6. The van der Waals surface area contributed by atoms with Crippen LogP contribution in [0.3, 0.4) is 0 Å². The van der Waals surface area contributed by atoms with Crippen LogP contribution in [0.4, 0.5) is 17.2 Å². The van der Waals surface area contributed by atoms with Gasteiger partial charge in [0, 0.05) is 36.4 Å². The van der Waals surface area contributed by atoms with E-state index in [1.54, 1.807) is 36.4 Å². The van der Waals surface area contributed by atoms with Gasteiger partial charge in [0.15, 0.2) is 5.82 Å². The van der Waals surface area contributed by atoms with Crippen molar-refractivity contribution in [3.63, 3.8) is 0 Å². The summed E-state index contributed by atoms with van der Waals surface area (Å²) in [5.74, 6) is -0.407. The summed E-state index contributed by atoms with van der Waals surface area (Å²) in [5.41, 5.74) is 9.44. The van der Waals surface area contributed by atoms with Crippen LogP contribution in [0.5, 0.6) is 5.75 Å². The number of carboxylic acids is 1. The van der Waals surface area contributed by atoms with Gasteiger partial charge in [0.1, 0.15) is 5.75 Å². The summed E-state index contributed by atoms with van der Waals surface area (Å²) in [4.78, 5) is 16.0. The lowest BCUT2D eigenvalue weighted by atomic mass is 10.1. The summed E-state index contributed by atoms with van der Waals surface area (Å²) in [6.45, 7) is 1.51. The number of phenolic OH excluding ortho intramolecular Hbond substituents is 1. The number of anilines is 3. The lowest BCUT2D eigenvalue weighted by Crippen LogP contribution is -2.54. The molecule has 1 aromatic heterocycles. The third kappa shape index (κ3) is 3.39. The van der Waals surface area contributed by atoms with Crippen molar-refractivity contribution in [3.8, 4) is 17.0 Å². The normalized spacial score (nSPS) is 20.1. The second-order valence-corrected chi connectivity index (χ2v) is 8.07. The molecule has 2 aromatic carbocycles. The molecule has 0 radical (unpaired) electrons. The molecule has 3 heterocycles. The van der Waals surface area contributed by atoms with Crippen molar-refractivity contribution in [1.82, 2.24) is 10.2 Å². The molecule has 3 aromatic rings.